The number of nitrogens with one attached hydrogen (secondary N) is 2. The highest BCUT2D eigenvalue weighted by molar-refractivity contribution is 6.02. The monoisotopic (exact) mass is 292 g/mol. The summed E-state index contributed by atoms with van der Waals surface area (Å²) in [6.45, 7) is 3.90. The Morgan fingerprint density at radius 2 is 2.00 bits per heavy atom. The molecular weight excluding hydrogens is 272 g/mol. The summed E-state index contributed by atoms with van der Waals surface area (Å²) < 4.78 is 4.41. The van der Waals surface area contributed by atoms with Crippen molar-refractivity contribution in [3.8, 4) is 0 Å². The quantitative estimate of drug-likeness (QED) is 0.617. The second-order valence-electron chi connectivity index (χ2n) is 4.66. The van der Waals surface area contributed by atoms with E-state index in [2.05, 4.69) is 15.4 Å². The molecule has 0 radical (unpaired) electrons. The van der Waals surface area contributed by atoms with Crippen molar-refractivity contribution in [3.63, 3.8) is 0 Å². The molecule has 0 saturated carbocycles. The fourth-order valence-corrected chi connectivity index (χ4v) is 1.56. The van der Waals surface area contributed by atoms with Crippen molar-refractivity contribution in [1.82, 2.24) is 5.32 Å². The van der Waals surface area contributed by atoms with E-state index in [1.54, 1.807) is 24.3 Å². The number of methoxy groups -OCH3 is 1. The Morgan fingerprint density at radius 1 is 1.29 bits per heavy atom. The van der Waals surface area contributed by atoms with E-state index in [4.69, 9.17) is 0 Å². The van der Waals surface area contributed by atoms with Crippen LogP contribution in [0.15, 0.2) is 24.3 Å². The van der Waals surface area contributed by atoms with Crippen molar-refractivity contribution in [2.45, 2.75) is 32.7 Å². The zero-order valence-electron chi connectivity index (χ0n) is 12.4. The lowest BCUT2D eigenvalue weighted by molar-refractivity contribution is -0.142. The number of hydrogen-bond donors (Lipinski definition) is 2. The summed E-state index contributed by atoms with van der Waals surface area (Å²) in [5.41, 5.74) is 0.909. The predicted octanol–water partition coefficient (Wildman–Crippen LogP) is 1.72. The van der Waals surface area contributed by atoms with E-state index in [0.717, 1.165) is 6.42 Å². The molecule has 0 aliphatic rings. The fraction of sp³-hybridized carbons (Fsp3) is 0.400. The van der Waals surface area contributed by atoms with Crippen LogP contribution in [0.3, 0.4) is 0 Å². The van der Waals surface area contributed by atoms with E-state index >= 15 is 0 Å². The van der Waals surface area contributed by atoms with Crippen LogP contribution in [0.4, 0.5) is 5.69 Å². The summed E-state index contributed by atoms with van der Waals surface area (Å²) in [6, 6.07) is 6.62. The molecule has 0 aliphatic heterocycles. The highest BCUT2D eigenvalue weighted by Crippen LogP contribution is 2.11. The van der Waals surface area contributed by atoms with Gasteiger partial charge in [0.05, 0.1) is 7.11 Å². The highest BCUT2D eigenvalue weighted by atomic mass is 16.5. The molecule has 6 nitrogen and oxygen atoms in total. The summed E-state index contributed by atoms with van der Waals surface area (Å²) in [5.74, 6) is -1.30. The first kappa shape index (κ1) is 16.7. The van der Waals surface area contributed by atoms with Crippen LogP contribution in [0, 0.1) is 0 Å². The highest BCUT2D eigenvalue weighted by Gasteiger charge is 2.12. The van der Waals surface area contributed by atoms with E-state index in [-0.39, 0.29) is 18.4 Å². The molecule has 0 saturated heterocycles. The maximum Gasteiger partial charge on any atom is 0.315 e. The number of esters is 1. The van der Waals surface area contributed by atoms with E-state index in [1.165, 1.54) is 7.11 Å². The maximum atomic E-state index is 12.0. The van der Waals surface area contributed by atoms with Crippen LogP contribution in [-0.4, -0.2) is 30.9 Å². The van der Waals surface area contributed by atoms with Crippen LogP contribution in [0.1, 0.15) is 37.0 Å². The summed E-state index contributed by atoms with van der Waals surface area (Å²) in [7, 11) is 1.22. The van der Waals surface area contributed by atoms with E-state index in [0.29, 0.717) is 11.3 Å². The molecule has 0 fully saturated rings. The van der Waals surface area contributed by atoms with Gasteiger partial charge in [0.25, 0.3) is 5.91 Å². The number of carbonyl (C=O) groups is 3. The van der Waals surface area contributed by atoms with Crippen LogP contribution < -0.4 is 10.6 Å². The van der Waals surface area contributed by atoms with Crippen molar-refractivity contribution in [2.24, 2.45) is 0 Å². The summed E-state index contributed by atoms with van der Waals surface area (Å²) in [5, 5.41) is 5.39. The standard InChI is InChI=1S/C15H20N2O4/c1-4-10(2)16-15(20)11-6-5-7-12(8-11)17-13(18)9-14(19)21-3/h5-8,10H,4,9H2,1-3H3,(H,16,20)(H,17,18). The third-order valence-electron chi connectivity index (χ3n) is 2.93. The number of ether oxygens (including phenoxy) is 1. The first-order valence-electron chi connectivity index (χ1n) is 6.73. The lowest BCUT2D eigenvalue weighted by atomic mass is 10.1. The molecule has 2 amide bonds. The van der Waals surface area contributed by atoms with Gasteiger partial charge in [-0.2, -0.15) is 0 Å². The van der Waals surface area contributed by atoms with Gasteiger partial charge in [0.15, 0.2) is 0 Å². The van der Waals surface area contributed by atoms with Crippen molar-refractivity contribution >= 4 is 23.5 Å². The smallest absolute Gasteiger partial charge is 0.315 e. The first-order chi connectivity index (χ1) is 9.96. The maximum absolute atomic E-state index is 12.0. The number of benzene rings is 1. The normalized spacial score (nSPS) is 11.4. The third kappa shape index (κ3) is 5.64. The SMILES string of the molecule is CCC(C)NC(=O)c1cccc(NC(=O)CC(=O)OC)c1. The van der Waals surface area contributed by atoms with Gasteiger partial charge in [0, 0.05) is 17.3 Å². The van der Waals surface area contributed by atoms with Crippen molar-refractivity contribution in [3.05, 3.63) is 29.8 Å². The average molecular weight is 292 g/mol. The molecule has 1 rings (SSSR count). The largest absolute Gasteiger partial charge is 0.469 e. The zero-order chi connectivity index (χ0) is 15.8. The molecule has 1 atom stereocenters. The Morgan fingerprint density at radius 3 is 2.62 bits per heavy atom. The van der Waals surface area contributed by atoms with Gasteiger partial charge in [0.1, 0.15) is 6.42 Å². The van der Waals surface area contributed by atoms with Gasteiger partial charge in [0.2, 0.25) is 5.91 Å². The molecule has 2 N–H and O–H groups in total. The van der Waals surface area contributed by atoms with Crippen LogP contribution in [0.5, 0.6) is 0 Å². The molecular formula is C15H20N2O4. The van der Waals surface area contributed by atoms with Crippen LogP contribution in [0.2, 0.25) is 0 Å². The molecule has 0 spiro atoms. The molecule has 1 unspecified atom stereocenters. The van der Waals surface area contributed by atoms with Crippen molar-refractivity contribution < 1.29 is 19.1 Å². The Bertz CT molecular complexity index is 528. The van der Waals surface area contributed by atoms with E-state index < -0.39 is 11.9 Å². The molecule has 1 aromatic rings. The molecule has 0 heterocycles. The van der Waals surface area contributed by atoms with Crippen LogP contribution in [-0.2, 0) is 14.3 Å². The van der Waals surface area contributed by atoms with E-state index in [9.17, 15) is 14.4 Å². The molecule has 21 heavy (non-hydrogen) atoms. The second-order valence-corrected chi connectivity index (χ2v) is 4.66. The molecule has 1 aromatic carbocycles. The van der Waals surface area contributed by atoms with E-state index in [1.807, 2.05) is 13.8 Å². The molecule has 6 heteroatoms. The summed E-state index contributed by atoms with van der Waals surface area (Å²) >= 11 is 0. The molecule has 114 valence electrons. The number of anilines is 1. The van der Waals surface area contributed by atoms with Gasteiger partial charge >= 0.3 is 5.97 Å². The Balaban J connectivity index is 2.70. The third-order valence-corrected chi connectivity index (χ3v) is 2.93. The van der Waals surface area contributed by atoms with Gasteiger partial charge in [-0.25, -0.2) is 0 Å². The first-order valence-corrected chi connectivity index (χ1v) is 6.73. The lowest BCUT2D eigenvalue weighted by Crippen LogP contribution is -2.31. The minimum Gasteiger partial charge on any atom is -0.469 e. The van der Waals surface area contributed by atoms with Gasteiger partial charge in [-0.1, -0.05) is 13.0 Å². The number of carbonyl (C=O) groups excluding carboxylic acids is 3. The number of amides is 2. The summed E-state index contributed by atoms with van der Waals surface area (Å²) in [6.07, 6.45) is 0.473. The molecule has 0 bridgehead atoms. The van der Waals surface area contributed by atoms with Gasteiger partial charge in [-0.3, -0.25) is 14.4 Å². The summed E-state index contributed by atoms with van der Waals surface area (Å²) in [4.78, 5) is 34.5. The minimum absolute atomic E-state index is 0.0788. The van der Waals surface area contributed by atoms with Gasteiger partial charge in [-0.15, -0.1) is 0 Å². The Hall–Kier alpha value is -2.37. The zero-order valence-corrected chi connectivity index (χ0v) is 12.4. The number of rotatable bonds is 6. The average Bonchev–Trinajstić information content (AvgIpc) is 2.46. The molecule has 0 aliphatic carbocycles. The van der Waals surface area contributed by atoms with Crippen molar-refractivity contribution in [2.75, 3.05) is 12.4 Å². The van der Waals surface area contributed by atoms with Crippen LogP contribution >= 0.6 is 0 Å². The Kier molecular flexibility index (Phi) is 6.39. The lowest BCUT2D eigenvalue weighted by Gasteiger charge is -2.12. The topological polar surface area (TPSA) is 84.5 Å². The predicted molar refractivity (Wildman–Crippen MR) is 78.9 cm³/mol. The van der Waals surface area contributed by atoms with Crippen LogP contribution in [0.25, 0.3) is 0 Å². The Labute approximate surface area is 123 Å². The molecule has 0 aromatic heterocycles. The van der Waals surface area contributed by atoms with Gasteiger partial charge in [-0.05, 0) is 31.5 Å². The minimum atomic E-state index is -0.613. The van der Waals surface area contributed by atoms with Crippen molar-refractivity contribution in [1.29, 1.82) is 0 Å². The fourth-order valence-electron chi connectivity index (χ4n) is 1.56. The second kappa shape index (κ2) is 8.04. The van der Waals surface area contributed by atoms with Gasteiger partial charge < -0.3 is 15.4 Å². The number of hydrogen-bond acceptors (Lipinski definition) is 4.